The van der Waals surface area contributed by atoms with Crippen LogP contribution in [-0.4, -0.2) is 41.6 Å². The van der Waals surface area contributed by atoms with Gasteiger partial charge in [0.1, 0.15) is 0 Å². The van der Waals surface area contributed by atoms with E-state index in [-0.39, 0.29) is 17.9 Å². The Morgan fingerprint density at radius 3 is 2.45 bits per heavy atom. The molecule has 3 heterocycles. The second-order valence-electron chi connectivity index (χ2n) is 11.1. The summed E-state index contributed by atoms with van der Waals surface area (Å²) in [6.45, 7) is 7.35. The van der Waals surface area contributed by atoms with E-state index in [1.165, 1.54) is 4.90 Å². The van der Waals surface area contributed by atoms with Crippen LogP contribution in [0.2, 0.25) is 0 Å². The molecule has 7 heteroatoms. The van der Waals surface area contributed by atoms with Crippen LogP contribution in [0.5, 0.6) is 11.5 Å². The summed E-state index contributed by atoms with van der Waals surface area (Å²) < 4.78 is 12.0. The number of hydrogen-bond acceptors (Lipinski definition) is 4. The minimum absolute atomic E-state index is 0.187. The van der Waals surface area contributed by atoms with Gasteiger partial charge in [0.05, 0.1) is 24.6 Å². The van der Waals surface area contributed by atoms with Crippen molar-refractivity contribution in [2.45, 2.75) is 38.6 Å². The zero-order valence-electron chi connectivity index (χ0n) is 24.0. The summed E-state index contributed by atoms with van der Waals surface area (Å²) in [6.07, 6.45) is 0.894. The molecule has 2 aliphatic heterocycles. The first-order chi connectivity index (χ1) is 20.5. The van der Waals surface area contributed by atoms with Gasteiger partial charge in [0.25, 0.3) is 5.91 Å². The number of urea groups is 1. The van der Waals surface area contributed by atoms with Crippen molar-refractivity contribution in [1.82, 2.24) is 9.88 Å². The van der Waals surface area contributed by atoms with Crippen LogP contribution in [0.4, 0.5) is 10.5 Å². The van der Waals surface area contributed by atoms with E-state index in [2.05, 4.69) is 24.0 Å². The molecule has 212 valence electrons. The first-order valence-corrected chi connectivity index (χ1v) is 14.6. The first kappa shape index (κ1) is 26.1. The highest BCUT2D eigenvalue weighted by Gasteiger charge is 2.60. The first-order valence-electron chi connectivity index (χ1n) is 14.6. The number of imide groups is 1. The Kier molecular flexibility index (Phi) is 6.19. The Hall–Kier alpha value is -4.78. The molecule has 2 atom stereocenters. The van der Waals surface area contributed by atoms with Crippen LogP contribution in [0.3, 0.4) is 0 Å². The Morgan fingerprint density at radius 1 is 0.881 bits per heavy atom. The van der Waals surface area contributed by atoms with Crippen LogP contribution in [0.1, 0.15) is 49.9 Å². The normalized spacial score (nSPS) is 19.8. The molecule has 0 bridgehead atoms. The molecule has 0 saturated carbocycles. The van der Waals surface area contributed by atoms with Gasteiger partial charge in [0, 0.05) is 28.8 Å². The fourth-order valence-electron chi connectivity index (χ4n) is 6.65. The number of carbonyl (C=O) groups excluding carboxylic acids is 2. The van der Waals surface area contributed by atoms with Gasteiger partial charge >= 0.3 is 6.03 Å². The number of aromatic amines is 1. The van der Waals surface area contributed by atoms with E-state index >= 15 is 0 Å². The number of hydrogen-bond donors (Lipinski definition) is 1. The molecular weight excluding hydrogens is 526 g/mol. The molecule has 0 spiro atoms. The predicted molar refractivity (Wildman–Crippen MR) is 164 cm³/mol. The zero-order valence-corrected chi connectivity index (χ0v) is 24.0. The molecule has 1 unspecified atom stereocenters. The maximum Gasteiger partial charge on any atom is 0.332 e. The van der Waals surface area contributed by atoms with Crippen molar-refractivity contribution < 1.29 is 19.1 Å². The number of rotatable bonds is 7. The van der Waals surface area contributed by atoms with E-state index in [0.29, 0.717) is 36.9 Å². The molecule has 4 aromatic carbocycles. The number of fused-ring (bicyclic) bond motifs is 6. The zero-order chi connectivity index (χ0) is 29.0. The van der Waals surface area contributed by atoms with E-state index in [1.807, 2.05) is 86.6 Å². The third-order valence-corrected chi connectivity index (χ3v) is 8.67. The number of carbonyl (C=O) groups is 2. The van der Waals surface area contributed by atoms with E-state index in [9.17, 15) is 9.59 Å². The highest BCUT2D eigenvalue weighted by molar-refractivity contribution is 6.26. The molecule has 1 fully saturated rings. The predicted octanol–water partition coefficient (Wildman–Crippen LogP) is 7.34. The monoisotopic (exact) mass is 559 g/mol. The lowest BCUT2D eigenvalue weighted by atomic mass is 9.78. The lowest BCUT2D eigenvalue weighted by Gasteiger charge is -2.40. The fourth-order valence-corrected chi connectivity index (χ4v) is 6.65. The summed E-state index contributed by atoms with van der Waals surface area (Å²) in [5, 5.41) is 2.89. The number of nitrogens with one attached hydrogen (secondary N) is 1. The Labute approximate surface area is 244 Å². The topological polar surface area (TPSA) is 74.9 Å². The van der Waals surface area contributed by atoms with Gasteiger partial charge in [-0.15, -0.1) is 0 Å². The summed E-state index contributed by atoms with van der Waals surface area (Å²) >= 11 is 0. The molecule has 1 aromatic heterocycles. The van der Waals surface area contributed by atoms with E-state index in [1.54, 1.807) is 4.90 Å². The summed E-state index contributed by atoms with van der Waals surface area (Å²) in [7, 11) is 0. The molecule has 0 radical (unpaired) electrons. The molecule has 7 rings (SSSR count). The number of amides is 3. The van der Waals surface area contributed by atoms with Gasteiger partial charge in [-0.05, 0) is 61.0 Å². The van der Waals surface area contributed by atoms with Crippen LogP contribution in [0, 0.1) is 0 Å². The number of ether oxygens (including phenoxy) is 2. The van der Waals surface area contributed by atoms with Crippen molar-refractivity contribution in [2.75, 3.05) is 24.7 Å². The number of anilines is 1. The maximum absolute atomic E-state index is 14.5. The van der Waals surface area contributed by atoms with Crippen LogP contribution in [0.25, 0.3) is 21.7 Å². The molecule has 5 aromatic rings. The van der Waals surface area contributed by atoms with E-state index in [4.69, 9.17) is 9.47 Å². The highest BCUT2D eigenvalue weighted by atomic mass is 16.5. The van der Waals surface area contributed by atoms with Gasteiger partial charge in [-0.1, -0.05) is 67.6 Å². The Morgan fingerprint density at radius 2 is 1.64 bits per heavy atom. The molecule has 3 amide bonds. The summed E-state index contributed by atoms with van der Waals surface area (Å²) in [4.78, 5) is 35.5. The van der Waals surface area contributed by atoms with Gasteiger partial charge in [-0.3, -0.25) is 4.79 Å². The quantitative estimate of drug-likeness (QED) is 0.212. The largest absolute Gasteiger partial charge is 0.490 e. The van der Waals surface area contributed by atoms with Crippen LogP contribution < -0.4 is 14.4 Å². The average molecular weight is 560 g/mol. The van der Waals surface area contributed by atoms with Crippen molar-refractivity contribution in [3.8, 4) is 11.5 Å². The van der Waals surface area contributed by atoms with Gasteiger partial charge in [-0.25, -0.2) is 9.69 Å². The van der Waals surface area contributed by atoms with Crippen LogP contribution in [0.15, 0.2) is 84.9 Å². The smallest absolute Gasteiger partial charge is 0.332 e. The van der Waals surface area contributed by atoms with Crippen LogP contribution in [-0.2, 0) is 10.3 Å². The second-order valence-corrected chi connectivity index (χ2v) is 11.1. The lowest BCUT2D eigenvalue weighted by Crippen LogP contribution is -2.50. The number of aromatic nitrogens is 1. The molecule has 2 aliphatic rings. The summed E-state index contributed by atoms with van der Waals surface area (Å²) in [5.41, 5.74) is 3.14. The summed E-state index contributed by atoms with van der Waals surface area (Å²) in [5.74, 6) is 0.942. The number of H-pyrrole nitrogens is 1. The third kappa shape index (κ3) is 3.73. The highest BCUT2D eigenvalue weighted by Crippen LogP contribution is 2.51. The number of nitrogens with zero attached hydrogens (tertiary/aromatic N) is 2. The molecule has 1 saturated heterocycles. The minimum Gasteiger partial charge on any atom is -0.490 e. The van der Waals surface area contributed by atoms with Crippen LogP contribution >= 0.6 is 0 Å². The van der Waals surface area contributed by atoms with Crippen molar-refractivity contribution in [3.63, 3.8) is 0 Å². The molecule has 1 N–H and O–H groups in total. The second kappa shape index (κ2) is 9.94. The molecule has 42 heavy (non-hydrogen) atoms. The molecule has 0 aliphatic carbocycles. The number of benzene rings is 4. The Balaban J connectivity index is 1.40. The van der Waals surface area contributed by atoms with E-state index < -0.39 is 5.54 Å². The number of para-hydroxylation sites is 1. The summed E-state index contributed by atoms with van der Waals surface area (Å²) in [6, 6.07) is 27.4. The van der Waals surface area contributed by atoms with Crippen molar-refractivity contribution in [2.24, 2.45) is 0 Å². The Bertz CT molecular complexity index is 1860. The minimum atomic E-state index is -1.19. The third-order valence-electron chi connectivity index (χ3n) is 8.67. The average Bonchev–Trinajstić information content (AvgIpc) is 3.49. The SMILES string of the molecule is CCCOc1ccc(C2CN3C(=O)N(c4cccc5ccccc45)C(=O)[C@]3(C)c3[nH]c4ccccc4c32)cc1OCC. The van der Waals surface area contributed by atoms with Crippen molar-refractivity contribution in [3.05, 3.63) is 102 Å². The van der Waals surface area contributed by atoms with Gasteiger partial charge in [0.2, 0.25) is 0 Å². The standard InChI is InChI=1S/C35H33N3O4/c1-4-19-42-29-18-17-23(20-30(29)41-5-2)26-21-37-34(40)38(28-16-10-12-22-11-6-7-13-24(22)28)33(39)35(37,3)32-31(26)25-14-8-9-15-27(25)36-32/h6-18,20,26,36H,4-5,19,21H2,1-3H3/t26?,35-/m0/s1. The lowest BCUT2D eigenvalue weighted by molar-refractivity contribution is -0.125. The van der Waals surface area contributed by atoms with Gasteiger partial charge in [0.15, 0.2) is 17.0 Å². The fraction of sp³-hybridized carbons (Fsp3) is 0.257. The van der Waals surface area contributed by atoms with Crippen molar-refractivity contribution in [1.29, 1.82) is 0 Å². The van der Waals surface area contributed by atoms with Gasteiger partial charge in [-0.2, -0.15) is 0 Å². The van der Waals surface area contributed by atoms with Crippen molar-refractivity contribution >= 4 is 39.3 Å². The van der Waals surface area contributed by atoms with E-state index in [0.717, 1.165) is 44.9 Å². The maximum atomic E-state index is 14.5. The molecular formula is C35H33N3O4. The van der Waals surface area contributed by atoms with Gasteiger partial charge < -0.3 is 19.4 Å². The molecule has 7 nitrogen and oxygen atoms in total.